The molecule has 1 aromatic rings. The van der Waals surface area contributed by atoms with Crippen LogP contribution in [0.25, 0.3) is 0 Å². The predicted molar refractivity (Wildman–Crippen MR) is 81.2 cm³/mol. The number of aromatic nitrogens is 3. The molecule has 1 atom stereocenters. The second kappa shape index (κ2) is 7.19. The molecule has 0 saturated carbocycles. The third kappa shape index (κ3) is 3.64. The molecule has 1 unspecified atom stereocenters. The maximum Gasteiger partial charge on any atom is 0.227 e. The van der Waals surface area contributed by atoms with E-state index < -0.39 is 0 Å². The number of nitrogens with zero attached hydrogens (tertiary/aromatic N) is 5. The molecule has 3 rings (SSSR count). The number of carbonyl (C=O) groups excluding carboxylic acids is 1. The van der Waals surface area contributed by atoms with E-state index in [2.05, 4.69) is 15.0 Å². The van der Waals surface area contributed by atoms with E-state index in [9.17, 15) is 4.79 Å². The van der Waals surface area contributed by atoms with Crippen molar-refractivity contribution in [1.82, 2.24) is 24.6 Å². The van der Waals surface area contributed by atoms with Crippen LogP contribution in [0, 0.1) is 5.92 Å². The second-order valence-electron chi connectivity index (χ2n) is 6.22. The summed E-state index contributed by atoms with van der Waals surface area (Å²) in [5, 5.41) is 4.07. The molecule has 1 aromatic heterocycles. The molecule has 22 heavy (non-hydrogen) atoms. The molecule has 122 valence electrons. The number of hydrogen-bond donors (Lipinski definition) is 0. The van der Waals surface area contributed by atoms with E-state index in [1.54, 1.807) is 11.0 Å². The molecule has 0 bridgehead atoms. The Bertz CT molecular complexity index is 464. The zero-order chi connectivity index (χ0) is 15.4. The van der Waals surface area contributed by atoms with Gasteiger partial charge in [-0.15, -0.1) is 0 Å². The lowest BCUT2D eigenvalue weighted by atomic mass is 10.1. The van der Waals surface area contributed by atoms with Gasteiger partial charge in [-0.2, -0.15) is 5.10 Å². The molecule has 3 heterocycles. The van der Waals surface area contributed by atoms with Crippen molar-refractivity contribution in [2.24, 2.45) is 5.92 Å². The van der Waals surface area contributed by atoms with Gasteiger partial charge in [0, 0.05) is 45.4 Å². The van der Waals surface area contributed by atoms with Crippen molar-refractivity contribution in [3.05, 3.63) is 12.7 Å². The quantitative estimate of drug-likeness (QED) is 0.797. The van der Waals surface area contributed by atoms with E-state index in [1.807, 2.05) is 11.8 Å². The number of hydrogen-bond acceptors (Lipinski definition) is 5. The average Bonchev–Trinajstić information content (AvgIpc) is 3.08. The summed E-state index contributed by atoms with van der Waals surface area (Å²) in [6, 6.07) is 0.638. The number of piperazine rings is 1. The summed E-state index contributed by atoms with van der Waals surface area (Å²) < 4.78 is 7.15. The van der Waals surface area contributed by atoms with Gasteiger partial charge in [0.2, 0.25) is 5.91 Å². The highest BCUT2D eigenvalue weighted by molar-refractivity contribution is 5.78. The molecular weight excluding hydrogens is 282 g/mol. The maximum atomic E-state index is 12.5. The average molecular weight is 307 g/mol. The third-order valence-corrected chi connectivity index (χ3v) is 4.68. The minimum atomic E-state index is -0.0590. The summed E-state index contributed by atoms with van der Waals surface area (Å²) in [5.41, 5.74) is 0. The summed E-state index contributed by atoms with van der Waals surface area (Å²) in [5.74, 6) is 0.165. The summed E-state index contributed by atoms with van der Waals surface area (Å²) in [6.45, 7) is 7.93. The van der Waals surface area contributed by atoms with E-state index >= 15 is 0 Å². The van der Waals surface area contributed by atoms with Gasteiger partial charge in [0.1, 0.15) is 12.7 Å². The fourth-order valence-corrected chi connectivity index (χ4v) is 3.36. The Morgan fingerprint density at radius 3 is 2.64 bits per heavy atom. The van der Waals surface area contributed by atoms with Crippen LogP contribution in [0.15, 0.2) is 12.7 Å². The Balaban J connectivity index is 1.46. The van der Waals surface area contributed by atoms with E-state index in [0.717, 1.165) is 52.2 Å². The van der Waals surface area contributed by atoms with E-state index in [0.29, 0.717) is 12.6 Å². The van der Waals surface area contributed by atoms with Gasteiger partial charge < -0.3 is 9.64 Å². The Hall–Kier alpha value is -1.47. The normalized spacial score (nSPS) is 22.7. The smallest absolute Gasteiger partial charge is 0.227 e. The first-order chi connectivity index (χ1) is 10.7. The zero-order valence-corrected chi connectivity index (χ0v) is 13.2. The predicted octanol–water partition coefficient (Wildman–Crippen LogP) is 0.237. The van der Waals surface area contributed by atoms with Crippen LogP contribution >= 0.6 is 0 Å². The van der Waals surface area contributed by atoms with Crippen LogP contribution in [0.5, 0.6) is 0 Å². The van der Waals surface area contributed by atoms with Gasteiger partial charge in [-0.05, 0) is 12.8 Å². The van der Waals surface area contributed by atoms with Crippen molar-refractivity contribution in [3.8, 4) is 0 Å². The van der Waals surface area contributed by atoms with Crippen molar-refractivity contribution < 1.29 is 9.53 Å². The minimum Gasteiger partial charge on any atom is -0.381 e. The Morgan fingerprint density at radius 2 is 2.00 bits per heavy atom. The number of rotatable bonds is 4. The lowest BCUT2D eigenvalue weighted by molar-refractivity contribution is -0.138. The molecule has 0 N–H and O–H groups in total. The zero-order valence-electron chi connectivity index (χ0n) is 13.2. The van der Waals surface area contributed by atoms with E-state index in [4.69, 9.17) is 4.74 Å². The van der Waals surface area contributed by atoms with Crippen LogP contribution in [0.3, 0.4) is 0 Å². The molecule has 2 aliphatic rings. The first kappa shape index (κ1) is 15.4. The molecule has 7 heteroatoms. The SMILES string of the molecule is CC(Cn1cncn1)C(=O)N1CCN(C2CCOCC2)CC1. The number of ether oxygens (including phenoxy) is 1. The van der Waals surface area contributed by atoms with Crippen LogP contribution in [0.1, 0.15) is 19.8 Å². The summed E-state index contributed by atoms with van der Waals surface area (Å²) in [7, 11) is 0. The standard InChI is InChI=1S/C15H25N5O2/c1-13(10-20-12-16-11-17-20)15(21)19-6-4-18(5-7-19)14-2-8-22-9-3-14/h11-14H,2-10H2,1H3. The largest absolute Gasteiger partial charge is 0.381 e. The molecule has 2 saturated heterocycles. The Kier molecular flexibility index (Phi) is 5.04. The molecule has 2 aliphatic heterocycles. The molecule has 0 aromatic carbocycles. The van der Waals surface area contributed by atoms with Crippen molar-refractivity contribution in [3.63, 3.8) is 0 Å². The molecule has 7 nitrogen and oxygen atoms in total. The van der Waals surface area contributed by atoms with Crippen LogP contribution < -0.4 is 0 Å². The molecule has 0 spiro atoms. The summed E-state index contributed by atoms with van der Waals surface area (Å²) in [6.07, 6.45) is 5.41. The van der Waals surface area contributed by atoms with Crippen LogP contribution in [-0.4, -0.2) is 75.9 Å². The van der Waals surface area contributed by atoms with Crippen molar-refractivity contribution >= 4 is 5.91 Å². The van der Waals surface area contributed by atoms with Gasteiger partial charge in [-0.25, -0.2) is 4.98 Å². The van der Waals surface area contributed by atoms with Gasteiger partial charge in [0.05, 0.1) is 12.5 Å². The van der Waals surface area contributed by atoms with Gasteiger partial charge in [0.25, 0.3) is 0 Å². The fourth-order valence-electron chi connectivity index (χ4n) is 3.36. The van der Waals surface area contributed by atoms with Gasteiger partial charge in [-0.3, -0.25) is 14.4 Å². The second-order valence-corrected chi connectivity index (χ2v) is 6.22. The topological polar surface area (TPSA) is 63.5 Å². The molecule has 2 fully saturated rings. The lowest BCUT2D eigenvalue weighted by Gasteiger charge is -2.41. The van der Waals surface area contributed by atoms with Gasteiger partial charge in [0.15, 0.2) is 0 Å². The molecule has 1 amide bonds. The molecular formula is C15H25N5O2. The number of carbonyl (C=O) groups is 1. The van der Waals surface area contributed by atoms with Crippen LogP contribution in [0.2, 0.25) is 0 Å². The monoisotopic (exact) mass is 307 g/mol. The third-order valence-electron chi connectivity index (χ3n) is 4.68. The molecule has 0 aliphatic carbocycles. The Morgan fingerprint density at radius 1 is 1.27 bits per heavy atom. The highest BCUT2D eigenvalue weighted by Crippen LogP contribution is 2.17. The van der Waals surface area contributed by atoms with E-state index in [1.165, 1.54) is 6.33 Å². The van der Waals surface area contributed by atoms with Crippen molar-refractivity contribution in [2.75, 3.05) is 39.4 Å². The fraction of sp³-hybridized carbons (Fsp3) is 0.800. The highest BCUT2D eigenvalue weighted by atomic mass is 16.5. The first-order valence-electron chi connectivity index (χ1n) is 8.17. The van der Waals surface area contributed by atoms with Crippen molar-refractivity contribution in [2.45, 2.75) is 32.4 Å². The number of amides is 1. The van der Waals surface area contributed by atoms with Crippen LogP contribution in [-0.2, 0) is 16.1 Å². The summed E-state index contributed by atoms with van der Waals surface area (Å²) in [4.78, 5) is 21.0. The van der Waals surface area contributed by atoms with Crippen LogP contribution in [0.4, 0.5) is 0 Å². The highest BCUT2D eigenvalue weighted by Gasteiger charge is 2.29. The van der Waals surface area contributed by atoms with Gasteiger partial charge in [-0.1, -0.05) is 6.92 Å². The summed E-state index contributed by atoms with van der Waals surface area (Å²) >= 11 is 0. The molecule has 0 radical (unpaired) electrons. The van der Waals surface area contributed by atoms with E-state index in [-0.39, 0.29) is 11.8 Å². The van der Waals surface area contributed by atoms with Gasteiger partial charge >= 0.3 is 0 Å². The lowest BCUT2D eigenvalue weighted by Crippen LogP contribution is -2.54. The first-order valence-corrected chi connectivity index (χ1v) is 8.17. The maximum absolute atomic E-state index is 12.5. The Labute approximate surface area is 131 Å². The minimum absolute atomic E-state index is 0.0590. The van der Waals surface area contributed by atoms with Crippen molar-refractivity contribution in [1.29, 1.82) is 0 Å².